The maximum absolute atomic E-state index is 13.7. The average molecular weight is 605 g/mol. The van der Waals surface area contributed by atoms with Crippen molar-refractivity contribution in [3.05, 3.63) is 65.4 Å². The molecule has 1 aromatic heterocycles. The Kier molecular flexibility index (Phi) is 7.75. The first-order chi connectivity index (χ1) is 20.0. The van der Waals surface area contributed by atoms with E-state index in [1.54, 1.807) is 24.3 Å². The molecule has 226 valence electrons. The molecule has 2 aliphatic heterocycles. The molecule has 0 spiro atoms. The van der Waals surface area contributed by atoms with Crippen molar-refractivity contribution < 1.29 is 31.9 Å². The van der Waals surface area contributed by atoms with Gasteiger partial charge in [0.05, 0.1) is 22.6 Å². The topological polar surface area (TPSA) is 89.2 Å². The number of carbonyl (C=O) groups is 2. The summed E-state index contributed by atoms with van der Waals surface area (Å²) in [6, 6.07) is 12.1. The quantitative estimate of drug-likeness (QED) is 0.408. The number of alkyl halides is 3. The number of hydrogen-bond acceptors (Lipinski definition) is 5. The van der Waals surface area contributed by atoms with Crippen LogP contribution >= 0.6 is 10.6 Å². The Morgan fingerprint density at radius 3 is 2.14 bits per heavy atom. The predicted octanol–water partition coefficient (Wildman–Crippen LogP) is 5.56. The maximum atomic E-state index is 13.7. The molecule has 2 saturated heterocycles. The highest BCUT2D eigenvalue weighted by Gasteiger charge is 2.33. The molecule has 2 aromatic carbocycles. The summed E-state index contributed by atoms with van der Waals surface area (Å²) in [6.45, 7) is 3.20. The number of nitrogens with zero attached hydrogens (tertiary/aromatic N) is 4. The number of amides is 2. The molecule has 2 amide bonds. The number of rotatable bonds is 4. The van der Waals surface area contributed by atoms with E-state index in [0.717, 1.165) is 25.2 Å². The maximum Gasteiger partial charge on any atom is 0.416 e. The summed E-state index contributed by atoms with van der Waals surface area (Å²) in [5, 5.41) is 0.563. The molecule has 1 saturated carbocycles. The Balaban J connectivity index is 1.32. The second-order valence-electron chi connectivity index (χ2n) is 11.5. The van der Waals surface area contributed by atoms with Gasteiger partial charge in [-0.05, 0) is 55.3 Å². The largest absolute Gasteiger partial charge is 0.416 e. The minimum Gasteiger partial charge on any atom is -0.336 e. The minimum absolute atomic E-state index is 0.0508. The second-order valence-corrected chi connectivity index (χ2v) is 13.9. The molecule has 0 radical (unpaired) electrons. The third-order valence-electron chi connectivity index (χ3n) is 8.81. The van der Waals surface area contributed by atoms with Crippen LogP contribution < -0.4 is 0 Å². The standard InChI is InChI=1S/C30H35F3N4O4S/c31-30(32,33)23-4-3-7-25(20-23)37-26-9-8-21(28(38)35-12-10-34(11-13-35)24-5-1-2-6-24)18-22(26)19-27(37)29(39)36-14-16-42(40,41)17-15-36/h3-4,7-9,18-20,24,40-41H,1-2,5-6,10-17H2. The van der Waals surface area contributed by atoms with Crippen LogP contribution in [0.2, 0.25) is 0 Å². The van der Waals surface area contributed by atoms with Gasteiger partial charge in [0.1, 0.15) is 5.69 Å². The van der Waals surface area contributed by atoms with Crippen LogP contribution in [0.25, 0.3) is 16.6 Å². The molecule has 42 heavy (non-hydrogen) atoms. The molecule has 6 rings (SSSR count). The van der Waals surface area contributed by atoms with E-state index in [9.17, 15) is 31.9 Å². The van der Waals surface area contributed by atoms with Crippen LogP contribution in [0.5, 0.6) is 0 Å². The van der Waals surface area contributed by atoms with Crippen LogP contribution in [-0.2, 0) is 6.18 Å². The van der Waals surface area contributed by atoms with Crippen molar-refractivity contribution in [2.24, 2.45) is 0 Å². The number of fused-ring (bicyclic) bond motifs is 1. The predicted molar refractivity (Wildman–Crippen MR) is 156 cm³/mol. The Morgan fingerprint density at radius 2 is 1.48 bits per heavy atom. The first kappa shape index (κ1) is 29.0. The van der Waals surface area contributed by atoms with Crippen LogP contribution in [0, 0.1) is 0 Å². The molecule has 2 N–H and O–H groups in total. The molecule has 0 bridgehead atoms. The average Bonchev–Trinajstić information content (AvgIpc) is 3.64. The van der Waals surface area contributed by atoms with Gasteiger partial charge in [0.15, 0.2) is 0 Å². The van der Waals surface area contributed by atoms with Crippen LogP contribution in [0.3, 0.4) is 0 Å². The van der Waals surface area contributed by atoms with E-state index in [1.807, 2.05) is 4.90 Å². The molecule has 3 aromatic rings. The van der Waals surface area contributed by atoms with E-state index in [2.05, 4.69) is 4.90 Å². The van der Waals surface area contributed by atoms with Crippen molar-refractivity contribution in [2.45, 2.75) is 37.9 Å². The minimum atomic E-state index is -4.56. The molecule has 3 fully saturated rings. The Labute approximate surface area is 244 Å². The summed E-state index contributed by atoms with van der Waals surface area (Å²) in [5.74, 6) is -0.428. The van der Waals surface area contributed by atoms with Gasteiger partial charge >= 0.3 is 6.18 Å². The number of benzene rings is 2. The molecule has 0 unspecified atom stereocenters. The van der Waals surface area contributed by atoms with Crippen LogP contribution in [0.1, 0.15) is 52.1 Å². The van der Waals surface area contributed by atoms with Crippen molar-refractivity contribution >= 4 is 33.3 Å². The summed E-state index contributed by atoms with van der Waals surface area (Å²) in [6.07, 6.45) is 0.390. The molecule has 12 heteroatoms. The zero-order valence-electron chi connectivity index (χ0n) is 23.2. The highest BCUT2D eigenvalue weighted by Crippen LogP contribution is 2.41. The number of aromatic nitrogens is 1. The molecular formula is C30H35F3N4O4S. The van der Waals surface area contributed by atoms with Gasteiger partial charge in [-0.25, -0.2) is 0 Å². The lowest BCUT2D eigenvalue weighted by atomic mass is 10.1. The zero-order chi connectivity index (χ0) is 29.6. The summed E-state index contributed by atoms with van der Waals surface area (Å²) >= 11 is 0. The number of carbonyl (C=O) groups excluding carboxylic acids is 2. The van der Waals surface area contributed by atoms with Gasteiger partial charge in [-0.1, -0.05) is 18.9 Å². The van der Waals surface area contributed by atoms with E-state index in [-0.39, 0.29) is 41.9 Å². The van der Waals surface area contributed by atoms with E-state index in [1.165, 1.54) is 47.3 Å². The third-order valence-corrected chi connectivity index (χ3v) is 10.5. The van der Waals surface area contributed by atoms with Crippen molar-refractivity contribution in [1.29, 1.82) is 0 Å². The van der Waals surface area contributed by atoms with Crippen LogP contribution in [0.4, 0.5) is 13.2 Å². The Bertz CT molecular complexity index is 1480. The van der Waals surface area contributed by atoms with Gasteiger partial charge in [-0.15, -0.1) is 0 Å². The van der Waals surface area contributed by atoms with Crippen molar-refractivity contribution in [3.8, 4) is 5.69 Å². The smallest absolute Gasteiger partial charge is 0.336 e. The third kappa shape index (κ3) is 5.77. The fourth-order valence-corrected chi connectivity index (χ4v) is 7.67. The van der Waals surface area contributed by atoms with Gasteiger partial charge in [-0.2, -0.15) is 23.8 Å². The summed E-state index contributed by atoms with van der Waals surface area (Å²) in [7, 11) is -2.75. The number of hydrogen-bond donors (Lipinski definition) is 2. The SMILES string of the molecule is O=C(c1ccc2c(c1)cc(C(=O)N1CCS(O)(O)CC1)n2-c1cccc(C(F)(F)F)c1)N1CCN(C2CCCC2)CC1. The molecule has 8 nitrogen and oxygen atoms in total. The summed E-state index contributed by atoms with van der Waals surface area (Å²) < 4.78 is 62.3. The lowest BCUT2D eigenvalue weighted by Gasteiger charge is -2.40. The highest BCUT2D eigenvalue weighted by atomic mass is 32.3. The first-order valence-corrected chi connectivity index (χ1v) is 16.3. The van der Waals surface area contributed by atoms with Gasteiger partial charge in [0, 0.05) is 61.9 Å². The molecular weight excluding hydrogens is 569 g/mol. The lowest BCUT2D eigenvalue weighted by Crippen LogP contribution is -2.51. The first-order valence-electron chi connectivity index (χ1n) is 14.4. The van der Waals surface area contributed by atoms with Crippen LogP contribution in [0.15, 0.2) is 48.5 Å². The van der Waals surface area contributed by atoms with Crippen molar-refractivity contribution in [3.63, 3.8) is 0 Å². The van der Waals surface area contributed by atoms with Crippen LogP contribution in [-0.4, -0.2) is 97.0 Å². The fourth-order valence-electron chi connectivity index (χ4n) is 6.44. The molecule has 1 aliphatic carbocycles. The second kappa shape index (κ2) is 11.2. The van der Waals surface area contributed by atoms with Crippen molar-refractivity contribution in [1.82, 2.24) is 19.3 Å². The summed E-state index contributed by atoms with van der Waals surface area (Å²) in [4.78, 5) is 33.0. The van der Waals surface area contributed by atoms with E-state index in [4.69, 9.17) is 0 Å². The monoisotopic (exact) mass is 604 g/mol. The lowest BCUT2D eigenvalue weighted by molar-refractivity contribution is -0.137. The molecule has 3 aliphatic rings. The van der Waals surface area contributed by atoms with Gasteiger partial charge in [0.2, 0.25) is 0 Å². The van der Waals surface area contributed by atoms with Gasteiger partial charge in [-0.3, -0.25) is 23.6 Å². The van der Waals surface area contributed by atoms with E-state index >= 15 is 0 Å². The fraction of sp³-hybridized carbons (Fsp3) is 0.467. The Hall–Kier alpha value is -3.06. The summed E-state index contributed by atoms with van der Waals surface area (Å²) in [5.41, 5.74) is 0.449. The number of halogens is 3. The van der Waals surface area contributed by atoms with E-state index < -0.39 is 28.2 Å². The highest BCUT2D eigenvalue weighted by molar-refractivity contribution is 8.24. The molecule has 3 heterocycles. The number of piperazine rings is 1. The van der Waals surface area contributed by atoms with Crippen molar-refractivity contribution in [2.75, 3.05) is 50.8 Å². The normalized spacial score (nSPS) is 21.2. The van der Waals surface area contributed by atoms with Gasteiger partial charge < -0.3 is 14.4 Å². The van der Waals surface area contributed by atoms with Gasteiger partial charge in [0.25, 0.3) is 11.8 Å². The molecule has 0 atom stereocenters. The Morgan fingerprint density at radius 1 is 0.810 bits per heavy atom. The van der Waals surface area contributed by atoms with E-state index in [0.29, 0.717) is 35.6 Å². The zero-order valence-corrected chi connectivity index (χ0v) is 24.0.